The van der Waals surface area contributed by atoms with Crippen LogP contribution in [-0.4, -0.2) is 22.4 Å². The van der Waals surface area contributed by atoms with Gasteiger partial charge in [-0.15, -0.1) is 0 Å². The van der Waals surface area contributed by atoms with Gasteiger partial charge in [-0.05, 0) is 30.4 Å². The van der Waals surface area contributed by atoms with Crippen molar-refractivity contribution in [3.8, 4) is 0 Å². The van der Waals surface area contributed by atoms with E-state index >= 15 is 0 Å². The molecule has 1 aromatic carbocycles. The number of aromatic nitrogens is 2. The van der Waals surface area contributed by atoms with Gasteiger partial charge in [0.1, 0.15) is 0 Å². The van der Waals surface area contributed by atoms with Crippen molar-refractivity contribution < 1.29 is 4.79 Å². The quantitative estimate of drug-likeness (QED) is 0.718. The molecule has 5 heteroatoms. The van der Waals surface area contributed by atoms with Crippen molar-refractivity contribution in [1.29, 1.82) is 0 Å². The standard InChI is InChI=1S/C19H26N4O/c1-4-7-11-20-19-21-12-16(13-22-19)18(24)23-17-14(5-2)9-8-10-15(17)6-3/h8-10,12-13H,4-7,11H2,1-3H3,(H,23,24)(H,20,21,22). The Hall–Kier alpha value is -2.43. The zero-order valence-electron chi connectivity index (χ0n) is 14.7. The van der Waals surface area contributed by atoms with Gasteiger partial charge in [-0.25, -0.2) is 9.97 Å². The Balaban J connectivity index is 2.10. The van der Waals surface area contributed by atoms with Gasteiger partial charge in [0, 0.05) is 24.6 Å². The van der Waals surface area contributed by atoms with E-state index in [1.807, 2.05) is 18.2 Å². The van der Waals surface area contributed by atoms with Crippen LogP contribution in [0.15, 0.2) is 30.6 Å². The molecule has 2 rings (SSSR count). The highest BCUT2D eigenvalue weighted by molar-refractivity contribution is 6.04. The summed E-state index contributed by atoms with van der Waals surface area (Å²) in [5.74, 6) is 0.383. The highest BCUT2D eigenvalue weighted by Crippen LogP contribution is 2.23. The average molecular weight is 326 g/mol. The first kappa shape index (κ1) is 17.9. The minimum atomic E-state index is -0.175. The summed E-state index contributed by atoms with van der Waals surface area (Å²) in [7, 11) is 0. The van der Waals surface area contributed by atoms with Gasteiger partial charge in [-0.1, -0.05) is 45.4 Å². The average Bonchev–Trinajstić information content (AvgIpc) is 2.62. The second-order valence-corrected chi connectivity index (χ2v) is 5.69. The first-order valence-electron chi connectivity index (χ1n) is 8.67. The van der Waals surface area contributed by atoms with Gasteiger partial charge in [-0.3, -0.25) is 4.79 Å². The minimum absolute atomic E-state index is 0.175. The van der Waals surface area contributed by atoms with Crippen molar-refractivity contribution in [3.63, 3.8) is 0 Å². The number of nitrogens with zero attached hydrogens (tertiary/aromatic N) is 2. The second kappa shape index (κ2) is 9.01. The lowest BCUT2D eigenvalue weighted by molar-refractivity contribution is 0.102. The fourth-order valence-corrected chi connectivity index (χ4v) is 2.50. The molecule has 0 fully saturated rings. The summed E-state index contributed by atoms with van der Waals surface area (Å²) >= 11 is 0. The van der Waals surface area contributed by atoms with Crippen LogP contribution in [0.4, 0.5) is 11.6 Å². The van der Waals surface area contributed by atoms with E-state index in [1.165, 1.54) is 0 Å². The topological polar surface area (TPSA) is 66.9 Å². The lowest BCUT2D eigenvalue weighted by Gasteiger charge is -2.14. The molecule has 1 heterocycles. The number of benzene rings is 1. The van der Waals surface area contributed by atoms with Crippen LogP contribution in [-0.2, 0) is 12.8 Å². The fraction of sp³-hybridized carbons (Fsp3) is 0.421. The molecule has 0 bridgehead atoms. The highest BCUT2D eigenvalue weighted by Gasteiger charge is 2.12. The maximum atomic E-state index is 12.5. The lowest BCUT2D eigenvalue weighted by atomic mass is 10.0. The normalized spacial score (nSPS) is 10.5. The first-order chi connectivity index (χ1) is 11.7. The molecule has 2 N–H and O–H groups in total. The molecule has 2 aromatic rings. The Kier molecular flexibility index (Phi) is 6.73. The van der Waals surface area contributed by atoms with Gasteiger partial charge in [0.05, 0.1) is 5.56 Å². The number of unbranched alkanes of at least 4 members (excludes halogenated alkanes) is 1. The fourth-order valence-electron chi connectivity index (χ4n) is 2.50. The van der Waals surface area contributed by atoms with Gasteiger partial charge in [0.25, 0.3) is 5.91 Å². The smallest absolute Gasteiger partial charge is 0.258 e. The van der Waals surface area contributed by atoms with Crippen molar-refractivity contribution in [2.24, 2.45) is 0 Å². The van der Waals surface area contributed by atoms with Crippen LogP contribution in [0.5, 0.6) is 0 Å². The molecule has 5 nitrogen and oxygen atoms in total. The highest BCUT2D eigenvalue weighted by atomic mass is 16.1. The molecule has 0 unspecified atom stereocenters. The molecule has 0 atom stereocenters. The number of hydrogen-bond acceptors (Lipinski definition) is 4. The molecule has 0 spiro atoms. The van der Waals surface area contributed by atoms with E-state index in [9.17, 15) is 4.79 Å². The molecule has 0 radical (unpaired) electrons. The summed E-state index contributed by atoms with van der Waals surface area (Å²) in [6.45, 7) is 7.15. The van der Waals surface area contributed by atoms with E-state index < -0.39 is 0 Å². The van der Waals surface area contributed by atoms with Crippen LogP contribution in [0.3, 0.4) is 0 Å². The molecule has 128 valence electrons. The third kappa shape index (κ3) is 4.54. The van der Waals surface area contributed by atoms with Crippen molar-refractivity contribution in [1.82, 2.24) is 9.97 Å². The van der Waals surface area contributed by atoms with Crippen LogP contribution >= 0.6 is 0 Å². The van der Waals surface area contributed by atoms with Crippen molar-refractivity contribution >= 4 is 17.5 Å². The number of aryl methyl sites for hydroxylation is 2. The van der Waals surface area contributed by atoms with Crippen LogP contribution in [0.25, 0.3) is 0 Å². The Morgan fingerprint density at radius 1 is 1.04 bits per heavy atom. The zero-order chi connectivity index (χ0) is 17.4. The van der Waals surface area contributed by atoms with E-state index in [1.54, 1.807) is 12.4 Å². The van der Waals surface area contributed by atoms with Crippen molar-refractivity contribution in [3.05, 3.63) is 47.3 Å². The predicted molar refractivity (Wildman–Crippen MR) is 98.6 cm³/mol. The van der Waals surface area contributed by atoms with Crippen LogP contribution in [0.1, 0.15) is 55.1 Å². The van der Waals surface area contributed by atoms with Gasteiger partial charge in [0.2, 0.25) is 5.95 Å². The van der Waals surface area contributed by atoms with Gasteiger partial charge < -0.3 is 10.6 Å². The number of rotatable bonds is 8. The van der Waals surface area contributed by atoms with Crippen LogP contribution in [0, 0.1) is 0 Å². The third-order valence-corrected chi connectivity index (χ3v) is 3.96. The van der Waals surface area contributed by atoms with Gasteiger partial charge >= 0.3 is 0 Å². The Bertz CT molecular complexity index is 645. The molecule has 1 aromatic heterocycles. The third-order valence-electron chi connectivity index (χ3n) is 3.96. The van der Waals surface area contributed by atoms with Crippen molar-refractivity contribution in [2.45, 2.75) is 46.5 Å². The number of carbonyl (C=O) groups excluding carboxylic acids is 1. The Labute approximate surface area is 143 Å². The summed E-state index contributed by atoms with van der Waals surface area (Å²) in [6, 6.07) is 6.13. The summed E-state index contributed by atoms with van der Waals surface area (Å²) in [5.41, 5.74) is 3.66. The molecule has 0 saturated carbocycles. The first-order valence-corrected chi connectivity index (χ1v) is 8.67. The predicted octanol–water partition coefficient (Wildman–Crippen LogP) is 4.07. The van der Waals surface area contributed by atoms with E-state index in [-0.39, 0.29) is 5.91 Å². The zero-order valence-corrected chi connectivity index (χ0v) is 14.7. The second-order valence-electron chi connectivity index (χ2n) is 5.69. The van der Waals surface area contributed by atoms with Gasteiger partial charge in [0.15, 0.2) is 0 Å². The molecular weight excluding hydrogens is 300 g/mol. The maximum absolute atomic E-state index is 12.5. The van der Waals surface area contributed by atoms with E-state index in [0.717, 1.165) is 49.0 Å². The number of carbonyl (C=O) groups is 1. The number of hydrogen-bond donors (Lipinski definition) is 2. The van der Waals surface area contributed by atoms with E-state index in [0.29, 0.717) is 11.5 Å². The molecule has 24 heavy (non-hydrogen) atoms. The molecule has 0 saturated heterocycles. The number of anilines is 2. The molecule has 1 amide bonds. The largest absolute Gasteiger partial charge is 0.354 e. The summed E-state index contributed by atoms with van der Waals surface area (Å²) < 4.78 is 0. The van der Waals surface area contributed by atoms with Crippen LogP contribution < -0.4 is 10.6 Å². The van der Waals surface area contributed by atoms with Crippen molar-refractivity contribution in [2.75, 3.05) is 17.2 Å². The summed E-state index contributed by atoms with van der Waals surface area (Å²) in [5, 5.41) is 6.17. The molecule has 0 aliphatic heterocycles. The molecular formula is C19H26N4O. The summed E-state index contributed by atoms with van der Waals surface area (Å²) in [4.78, 5) is 20.9. The summed E-state index contributed by atoms with van der Waals surface area (Å²) in [6.07, 6.45) is 7.07. The SMILES string of the molecule is CCCCNc1ncc(C(=O)Nc2c(CC)cccc2CC)cn1. The lowest BCUT2D eigenvalue weighted by Crippen LogP contribution is -2.16. The van der Waals surface area contributed by atoms with E-state index in [2.05, 4.69) is 41.4 Å². The number of amides is 1. The van der Waals surface area contributed by atoms with Gasteiger partial charge in [-0.2, -0.15) is 0 Å². The van der Waals surface area contributed by atoms with Crippen LogP contribution in [0.2, 0.25) is 0 Å². The number of nitrogens with one attached hydrogen (secondary N) is 2. The van der Waals surface area contributed by atoms with E-state index in [4.69, 9.17) is 0 Å². The maximum Gasteiger partial charge on any atom is 0.258 e. The molecule has 0 aliphatic rings. The molecule has 0 aliphatic carbocycles. The number of para-hydroxylation sites is 1. The Morgan fingerprint density at radius 3 is 2.21 bits per heavy atom. The Morgan fingerprint density at radius 2 is 1.67 bits per heavy atom. The monoisotopic (exact) mass is 326 g/mol. The minimum Gasteiger partial charge on any atom is -0.354 e.